The van der Waals surface area contributed by atoms with Crippen LogP contribution in [0.4, 0.5) is 11.5 Å². The molecule has 3 rings (SSSR count). The van der Waals surface area contributed by atoms with E-state index in [0.29, 0.717) is 5.82 Å². The van der Waals surface area contributed by atoms with Gasteiger partial charge in [-0.2, -0.15) is 5.10 Å². The molecule has 0 amide bonds. The number of benzene rings is 1. The number of anilines is 2. The minimum atomic E-state index is -0.825. The first kappa shape index (κ1) is 14.3. The molecule has 2 heterocycles. The van der Waals surface area contributed by atoms with E-state index in [-0.39, 0.29) is 13.2 Å². The molecule has 3 aromatic rings. The van der Waals surface area contributed by atoms with Crippen LogP contribution in [0.2, 0.25) is 0 Å². The highest BCUT2D eigenvalue weighted by atomic mass is 16.3. The minimum Gasteiger partial charge on any atom is -0.394 e. The lowest BCUT2D eigenvalue weighted by Gasteiger charge is -2.13. The molecule has 0 saturated heterocycles. The highest BCUT2D eigenvalue weighted by Gasteiger charge is 2.09. The first-order valence-electron chi connectivity index (χ1n) is 6.90. The van der Waals surface area contributed by atoms with Crippen LogP contribution in [0, 0.1) is 0 Å². The fraction of sp³-hybridized carbons (Fsp3) is 0.200. The molecule has 0 fully saturated rings. The fourth-order valence-electron chi connectivity index (χ4n) is 2.27. The molecule has 0 aliphatic rings. The number of nitrogen functional groups attached to an aromatic ring is 1. The average Bonchev–Trinajstić information content (AvgIpc) is 3.05. The van der Waals surface area contributed by atoms with Gasteiger partial charge in [0.05, 0.1) is 23.9 Å². The number of hydrogen-bond donors (Lipinski definition) is 5. The van der Waals surface area contributed by atoms with E-state index >= 15 is 0 Å². The van der Waals surface area contributed by atoms with Crippen LogP contribution >= 0.6 is 0 Å². The van der Waals surface area contributed by atoms with Crippen molar-refractivity contribution in [2.75, 3.05) is 24.2 Å². The molecule has 0 spiro atoms. The van der Waals surface area contributed by atoms with Gasteiger partial charge in [-0.25, -0.2) is 4.98 Å². The van der Waals surface area contributed by atoms with Crippen LogP contribution < -0.4 is 11.1 Å². The molecule has 0 aliphatic carbocycles. The van der Waals surface area contributed by atoms with Gasteiger partial charge in [-0.15, -0.1) is 0 Å². The molecule has 22 heavy (non-hydrogen) atoms. The van der Waals surface area contributed by atoms with E-state index in [9.17, 15) is 5.11 Å². The number of nitrogens with one attached hydrogen (secondary N) is 2. The number of aliphatic hydroxyl groups excluding tert-OH is 2. The average molecular weight is 299 g/mol. The second kappa shape index (κ2) is 6.00. The maximum atomic E-state index is 9.46. The van der Waals surface area contributed by atoms with E-state index in [0.717, 1.165) is 27.8 Å². The summed E-state index contributed by atoms with van der Waals surface area (Å²) in [6.07, 6.45) is 0.865. The number of H-pyrrole nitrogens is 1. The number of pyridine rings is 1. The van der Waals surface area contributed by atoms with Gasteiger partial charge < -0.3 is 21.3 Å². The maximum absolute atomic E-state index is 9.46. The lowest BCUT2D eigenvalue weighted by atomic mass is 10.1. The van der Waals surface area contributed by atoms with Gasteiger partial charge in [-0.1, -0.05) is 12.1 Å². The maximum Gasteiger partial charge on any atom is 0.126 e. The summed E-state index contributed by atoms with van der Waals surface area (Å²) in [7, 11) is 0. The summed E-state index contributed by atoms with van der Waals surface area (Å²) >= 11 is 0. The minimum absolute atomic E-state index is 0.233. The molecular weight excluding hydrogens is 282 g/mol. The fourth-order valence-corrected chi connectivity index (χ4v) is 2.27. The van der Waals surface area contributed by atoms with E-state index in [1.54, 1.807) is 12.3 Å². The smallest absolute Gasteiger partial charge is 0.126 e. The third-order valence-corrected chi connectivity index (χ3v) is 3.38. The standard InChI is InChI=1S/C15H17N5O2/c16-15-6-13(17-7-10(22)8-21)11-2-1-9(5-14(11)19-15)12-3-4-18-20-12/h1-6,10,21-22H,7-8H2,(H,18,20)(H3,16,17,19)/t10-/m1/s1. The second-order valence-electron chi connectivity index (χ2n) is 5.01. The summed E-state index contributed by atoms with van der Waals surface area (Å²) in [4.78, 5) is 4.35. The Hall–Kier alpha value is -2.64. The topological polar surface area (TPSA) is 120 Å². The molecular formula is C15H17N5O2. The summed E-state index contributed by atoms with van der Waals surface area (Å²) in [6, 6.07) is 9.41. The number of rotatable bonds is 5. The number of hydrogen-bond acceptors (Lipinski definition) is 6. The lowest BCUT2D eigenvalue weighted by molar-refractivity contribution is 0.105. The molecule has 0 bridgehead atoms. The number of aromatic nitrogens is 3. The molecule has 0 radical (unpaired) electrons. The van der Waals surface area contributed by atoms with E-state index in [1.165, 1.54) is 0 Å². The Balaban J connectivity index is 1.99. The van der Waals surface area contributed by atoms with Gasteiger partial charge in [-0.3, -0.25) is 5.10 Å². The third-order valence-electron chi connectivity index (χ3n) is 3.38. The molecule has 1 aromatic carbocycles. The number of aromatic amines is 1. The van der Waals surface area contributed by atoms with E-state index in [2.05, 4.69) is 20.5 Å². The van der Waals surface area contributed by atoms with Crippen molar-refractivity contribution < 1.29 is 10.2 Å². The quantitative estimate of drug-likeness (QED) is 0.479. The Morgan fingerprint density at radius 3 is 2.86 bits per heavy atom. The van der Waals surface area contributed by atoms with Gasteiger partial charge in [0.25, 0.3) is 0 Å². The van der Waals surface area contributed by atoms with Crippen LogP contribution in [-0.4, -0.2) is 44.7 Å². The summed E-state index contributed by atoms with van der Waals surface area (Å²) in [5.74, 6) is 0.384. The van der Waals surface area contributed by atoms with Crippen LogP contribution in [0.25, 0.3) is 22.2 Å². The van der Waals surface area contributed by atoms with Crippen LogP contribution in [0.5, 0.6) is 0 Å². The summed E-state index contributed by atoms with van der Waals surface area (Å²) in [5, 5.41) is 29.2. The van der Waals surface area contributed by atoms with Gasteiger partial charge in [-0.05, 0) is 12.1 Å². The zero-order valence-corrected chi connectivity index (χ0v) is 11.8. The second-order valence-corrected chi connectivity index (χ2v) is 5.01. The summed E-state index contributed by atoms with van der Waals surface area (Å²) in [6.45, 7) is -0.0627. The number of nitrogens with two attached hydrogens (primary N) is 1. The molecule has 7 nitrogen and oxygen atoms in total. The van der Waals surface area contributed by atoms with Gasteiger partial charge in [0.2, 0.25) is 0 Å². The number of nitrogens with zero attached hydrogens (tertiary/aromatic N) is 2. The first-order chi connectivity index (χ1) is 10.7. The SMILES string of the molecule is Nc1cc(NC[C@@H](O)CO)c2ccc(-c3ccn[nH]3)cc2n1. The molecule has 0 saturated carbocycles. The highest BCUT2D eigenvalue weighted by Crippen LogP contribution is 2.28. The molecule has 6 N–H and O–H groups in total. The Morgan fingerprint density at radius 1 is 1.27 bits per heavy atom. The normalized spacial score (nSPS) is 12.5. The zero-order chi connectivity index (χ0) is 15.5. The van der Waals surface area contributed by atoms with Crippen molar-refractivity contribution in [1.29, 1.82) is 0 Å². The predicted molar refractivity (Wildman–Crippen MR) is 85.3 cm³/mol. The van der Waals surface area contributed by atoms with E-state index in [1.807, 2.05) is 24.3 Å². The molecule has 2 aromatic heterocycles. The van der Waals surface area contributed by atoms with Crippen LogP contribution in [-0.2, 0) is 0 Å². The Kier molecular flexibility index (Phi) is 3.90. The van der Waals surface area contributed by atoms with Crippen LogP contribution in [0.3, 0.4) is 0 Å². The van der Waals surface area contributed by atoms with Crippen molar-refractivity contribution in [3.63, 3.8) is 0 Å². The monoisotopic (exact) mass is 299 g/mol. The Labute approximate surface area is 126 Å². The van der Waals surface area contributed by atoms with Gasteiger partial charge in [0, 0.05) is 35.4 Å². The van der Waals surface area contributed by atoms with Crippen molar-refractivity contribution in [3.05, 3.63) is 36.5 Å². The van der Waals surface area contributed by atoms with Crippen LogP contribution in [0.1, 0.15) is 0 Å². The molecule has 114 valence electrons. The van der Waals surface area contributed by atoms with Crippen molar-refractivity contribution in [2.45, 2.75) is 6.10 Å². The van der Waals surface area contributed by atoms with Gasteiger partial charge in [0.1, 0.15) is 5.82 Å². The van der Waals surface area contributed by atoms with Crippen molar-refractivity contribution in [3.8, 4) is 11.3 Å². The van der Waals surface area contributed by atoms with Crippen molar-refractivity contribution in [1.82, 2.24) is 15.2 Å². The highest BCUT2D eigenvalue weighted by molar-refractivity contribution is 5.95. The first-order valence-corrected chi connectivity index (χ1v) is 6.90. The molecule has 0 unspecified atom stereocenters. The Bertz CT molecular complexity index is 773. The molecule has 7 heteroatoms. The molecule has 0 aliphatic heterocycles. The van der Waals surface area contributed by atoms with Crippen molar-refractivity contribution >= 4 is 22.4 Å². The van der Waals surface area contributed by atoms with Crippen LogP contribution in [0.15, 0.2) is 36.5 Å². The van der Waals surface area contributed by atoms with Crippen molar-refractivity contribution in [2.24, 2.45) is 0 Å². The lowest BCUT2D eigenvalue weighted by Crippen LogP contribution is -2.23. The van der Waals surface area contributed by atoms with Gasteiger partial charge >= 0.3 is 0 Å². The largest absolute Gasteiger partial charge is 0.394 e. The third kappa shape index (κ3) is 2.85. The number of fused-ring (bicyclic) bond motifs is 1. The molecule has 1 atom stereocenters. The zero-order valence-electron chi connectivity index (χ0n) is 11.8. The summed E-state index contributed by atoms with van der Waals surface area (Å²) < 4.78 is 0. The van der Waals surface area contributed by atoms with E-state index in [4.69, 9.17) is 10.8 Å². The number of aliphatic hydroxyl groups is 2. The van der Waals surface area contributed by atoms with Gasteiger partial charge in [0.15, 0.2) is 0 Å². The summed E-state index contributed by atoms with van der Waals surface area (Å²) in [5.41, 5.74) is 9.22. The van der Waals surface area contributed by atoms with E-state index < -0.39 is 6.10 Å². The Morgan fingerprint density at radius 2 is 2.14 bits per heavy atom. The predicted octanol–water partition coefficient (Wildman–Crippen LogP) is 0.972.